The number of benzene rings is 4. The zero-order chi connectivity index (χ0) is 22.8. The summed E-state index contributed by atoms with van der Waals surface area (Å²) in [7, 11) is 0. The maximum atomic E-state index is 12.2. The van der Waals surface area contributed by atoms with Gasteiger partial charge in [-0.15, -0.1) is 0 Å². The van der Waals surface area contributed by atoms with Crippen molar-refractivity contribution in [1.29, 1.82) is 0 Å². The quantitative estimate of drug-likeness (QED) is 0.376. The SMILES string of the molecule is NC(=O)c1cccc2c1c1ccc(CO)cc1n2Cc1ccccc1OCc1ccccc1. The third-order valence-corrected chi connectivity index (χ3v) is 5.94. The number of aliphatic hydroxyl groups excluding tert-OH is 1. The number of rotatable bonds is 7. The molecule has 164 valence electrons. The van der Waals surface area contributed by atoms with E-state index in [2.05, 4.69) is 4.57 Å². The van der Waals surface area contributed by atoms with Gasteiger partial charge in [0.2, 0.25) is 5.91 Å². The van der Waals surface area contributed by atoms with Gasteiger partial charge in [-0.05, 0) is 35.4 Å². The second-order valence-corrected chi connectivity index (χ2v) is 8.04. The van der Waals surface area contributed by atoms with E-state index in [4.69, 9.17) is 10.5 Å². The fourth-order valence-corrected chi connectivity index (χ4v) is 4.34. The molecule has 5 rings (SSSR count). The molecule has 0 radical (unpaired) electrons. The van der Waals surface area contributed by atoms with Crippen LogP contribution in [0.2, 0.25) is 0 Å². The Morgan fingerprint density at radius 1 is 0.848 bits per heavy atom. The molecule has 0 fully saturated rings. The molecule has 33 heavy (non-hydrogen) atoms. The summed E-state index contributed by atoms with van der Waals surface area (Å²) < 4.78 is 8.33. The highest BCUT2D eigenvalue weighted by molar-refractivity contribution is 6.18. The average molecular weight is 437 g/mol. The lowest BCUT2D eigenvalue weighted by Crippen LogP contribution is -2.11. The number of aliphatic hydroxyl groups is 1. The van der Waals surface area contributed by atoms with E-state index in [1.165, 1.54) is 0 Å². The number of fused-ring (bicyclic) bond motifs is 3. The van der Waals surface area contributed by atoms with Crippen LogP contribution in [-0.2, 0) is 19.8 Å². The van der Waals surface area contributed by atoms with Crippen molar-refractivity contribution in [3.63, 3.8) is 0 Å². The van der Waals surface area contributed by atoms with Crippen LogP contribution in [0.4, 0.5) is 0 Å². The topological polar surface area (TPSA) is 77.5 Å². The lowest BCUT2D eigenvalue weighted by atomic mass is 10.0. The highest BCUT2D eigenvalue weighted by Crippen LogP contribution is 2.34. The van der Waals surface area contributed by atoms with Crippen LogP contribution in [0.25, 0.3) is 21.8 Å². The second kappa shape index (κ2) is 8.81. The Balaban J connectivity index is 1.62. The maximum Gasteiger partial charge on any atom is 0.249 e. The number of aromatic nitrogens is 1. The van der Waals surface area contributed by atoms with Crippen molar-refractivity contribution in [2.24, 2.45) is 5.73 Å². The number of primary amides is 1. The van der Waals surface area contributed by atoms with E-state index in [-0.39, 0.29) is 6.61 Å². The molecule has 5 aromatic rings. The van der Waals surface area contributed by atoms with E-state index in [9.17, 15) is 9.90 Å². The summed E-state index contributed by atoms with van der Waals surface area (Å²) in [4.78, 5) is 12.2. The van der Waals surface area contributed by atoms with Gasteiger partial charge in [0.25, 0.3) is 0 Å². The smallest absolute Gasteiger partial charge is 0.249 e. The molecule has 0 aliphatic carbocycles. The zero-order valence-electron chi connectivity index (χ0n) is 18.1. The van der Waals surface area contributed by atoms with Crippen LogP contribution in [0, 0.1) is 0 Å². The van der Waals surface area contributed by atoms with E-state index in [1.54, 1.807) is 6.07 Å². The van der Waals surface area contributed by atoms with Gasteiger partial charge < -0.3 is 20.1 Å². The van der Waals surface area contributed by atoms with Gasteiger partial charge in [-0.1, -0.05) is 66.7 Å². The van der Waals surface area contributed by atoms with Crippen LogP contribution in [0.1, 0.15) is 27.0 Å². The van der Waals surface area contributed by atoms with E-state index in [0.29, 0.717) is 18.7 Å². The molecule has 0 saturated heterocycles. The van der Waals surface area contributed by atoms with Crippen molar-refractivity contribution >= 4 is 27.7 Å². The molecule has 1 heterocycles. The number of carbonyl (C=O) groups is 1. The first kappa shape index (κ1) is 20.8. The average Bonchev–Trinajstić information content (AvgIpc) is 3.17. The van der Waals surface area contributed by atoms with Crippen LogP contribution in [0.3, 0.4) is 0 Å². The molecule has 1 aromatic heterocycles. The first-order valence-corrected chi connectivity index (χ1v) is 10.8. The fourth-order valence-electron chi connectivity index (χ4n) is 4.34. The number of hydrogen-bond acceptors (Lipinski definition) is 3. The largest absolute Gasteiger partial charge is 0.489 e. The van der Waals surface area contributed by atoms with Crippen LogP contribution in [0.15, 0.2) is 91.0 Å². The lowest BCUT2D eigenvalue weighted by molar-refractivity contribution is 0.100. The molecule has 1 amide bonds. The Morgan fingerprint density at radius 2 is 1.64 bits per heavy atom. The van der Waals surface area contributed by atoms with Gasteiger partial charge >= 0.3 is 0 Å². The Bertz CT molecular complexity index is 1450. The van der Waals surface area contributed by atoms with E-state index < -0.39 is 5.91 Å². The minimum Gasteiger partial charge on any atom is -0.489 e. The second-order valence-electron chi connectivity index (χ2n) is 8.04. The molecule has 0 aliphatic heterocycles. The molecule has 3 N–H and O–H groups in total. The number of para-hydroxylation sites is 1. The predicted octanol–water partition coefficient (Wildman–Crippen LogP) is 5.01. The summed E-state index contributed by atoms with van der Waals surface area (Å²) in [6.07, 6.45) is 0. The zero-order valence-corrected chi connectivity index (χ0v) is 18.1. The minimum absolute atomic E-state index is 0.0586. The third kappa shape index (κ3) is 3.95. The molecule has 4 aromatic carbocycles. The summed E-state index contributed by atoms with van der Waals surface area (Å²) in [5.74, 6) is 0.346. The summed E-state index contributed by atoms with van der Waals surface area (Å²) in [6, 6.07) is 29.4. The lowest BCUT2D eigenvalue weighted by Gasteiger charge is -2.14. The molecule has 0 unspecified atom stereocenters. The van der Waals surface area contributed by atoms with E-state index in [0.717, 1.165) is 44.2 Å². The Morgan fingerprint density at radius 3 is 2.42 bits per heavy atom. The fraction of sp³-hybridized carbons (Fsp3) is 0.107. The van der Waals surface area contributed by atoms with Crippen LogP contribution in [0.5, 0.6) is 5.75 Å². The number of hydrogen-bond donors (Lipinski definition) is 2. The Hall–Kier alpha value is -4.09. The molecular formula is C28H24N2O3. The molecular weight excluding hydrogens is 412 g/mol. The van der Waals surface area contributed by atoms with Crippen molar-refractivity contribution in [2.45, 2.75) is 19.8 Å². The van der Waals surface area contributed by atoms with Gasteiger partial charge in [0, 0.05) is 27.4 Å². The van der Waals surface area contributed by atoms with Gasteiger partial charge in [-0.3, -0.25) is 4.79 Å². The van der Waals surface area contributed by atoms with Crippen molar-refractivity contribution in [3.8, 4) is 5.75 Å². The number of amides is 1. The van der Waals surface area contributed by atoms with Crippen LogP contribution < -0.4 is 10.5 Å². The summed E-state index contributed by atoms with van der Waals surface area (Å²) >= 11 is 0. The minimum atomic E-state index is -0.461. The molecule has 0 spiro atoms. The number of nitrogens with zero attached hydrogens (tertiary/aromatic N) is 1. The summed E-state index contributed by atoms with van der Waals surface area (Å²) in [6.45, 7) is 0.963. The Labute approximate surface area is 191 Å². The van der Waals surface area contributed by atoms with Crippen molar-refractivity contribution in [1.82, 2.24) is 4.57 Å². The monoisotopic (exact) mass is 436 g/mol. The molecule has 0 aliphatic rings. The highest BCUT2D eigenvalue weighted by Gasteiger charge is 2.18. The normalized spacial score (nSPS) is 11.2. The van der Waals surface area contributed by atoms with Gasteiger partial charge in [-0.2, -0.15) is 0 Å². The van der Waals surface area contributed by atoms with Crippen molar-refractivity contribution < 1.29 is 14.6 Å². The predicted molar refractivity (Wildman–Crippen MR) is 130 cm³/mol. The van der Waals surface area contributed by atoms with Gasteiger partial charge in [0.05, 0.1) is 18.7 Å². The van der Waals surface area contributed by atoms with E-state index >= 15 is 0 Å². The van der Waals surface area contributed by atoms with Gasteiger partial charge in [0.15, 0.2) is 0 Å². The Kier molecular flexibility index (Phi) is 5.55. The summed E-state index contributed by atoms with van der Waals surface area (Å²) in [5.41, 5.74) is 11.0. The maximum absolute atomic E-state index is 12.2. The molecule has 0 bridgehead atoms. The summed E-state index contributed by atoms with van der Waals surface area (Å²) in [5, 5.41) is 11.5. The van der Waals surface area contributed by atoms with Crippen molar-refractivity contribution in [2.75, 3.05) is 0 Å². The van der Waals surface area contributed by atoms with E-state index in [1.807, 2.05) is 84.9 Å². The number of nitrogens with two attached hydrogens (primary N) is 1. The molecule has 0 saturated carbocycles. The van der Waals surface area contributed by atoms with Crippen molar-refractivity contribution in [3.05, 3.63) is 113 Å². The third-order valence-electron chi connectivity index (χ3n) is 5.94. The molecule has 5 nitrogen and oxygen atoms in total. The standard InChI is InChI=1S/C28H24N2O3/c29-28(32)23-10-6-11-24-27(23)22-14-13-20(17-31)15-25(22)30(24)16-21-9-4-5-12-26(21)33-18-19-7-2-1-3-8-19/h1-15,31H,16-18H2,(H2,29,32). The van der Waals surface area contributed by atoms with Crippen LogP contribution >= 0.6 is 0 Å². The first-order valence-electron chi connectivity index (χ1n) is 10.8. The van der Waals surface area contributed by atoms with Crippen LogP contribution in [-0.4, -0.2) is 15.6 Å². The first-order chi connectivity index (χ1) is 16.2. The highest BCUT2D eigenvalue weighted by atomic mass is 16.5. The van der Waals surface area contributed by atoms with Gasteiger partial charge in [0.1, 0.15) is 12.4 Å². The van der Waals surface area contributed by atoms with Gasteiger partial charge in [-0.25, -0.2) is 0 Å². The molecule has 0 atom stereocenters. The number of carbonyl (C=O) groups excluding carboxylic acids is 1. The number of ether oxygens (including phenoxy) is 1. The molecule has 5 heteroatoms.